The number of pyridine rings is 1. The zero-order valence-electron chi connectivity index (χ0n) is 15.8. The van der Waals surface area contributed by atoms with Gasteiger partial charge in [0.1, 0.15) is 5.82 Å². The first-order valence-electron chi connectivity index (χ1n) is 9.00. The van der Waals surface area contributed by atoms with E-state index in [2.05, 4.69) is 51.5 Å². The van der Waals surface area contributed by atoms with E-state index < -0.39 is 0 Å². The van der Waals surface area contributed by atoms with E-state index in [0.29, 0.717) is 13.2 Å². The molecule has 25 heavy (non-hydrogen) atoms. The van der Waals surface area contributed by atoms with Crippen molar-refractivity contribution in [3.63, 3.8) is 0 Å². The van der Waals surface area contributed by atoms with Crippen LogP contribution < -0.4 is 15.5 Å². The third-order valence-corrected chi connectivity index (χ3v) is 3.98. The van der Waals surface area contributed by atoms with Gasteiger partial charge in [-0.3, -0.25) is 4.99 Å². The first kappa shape index (κ1) is 19.5. The minimum Gasteiger partial charge on any atom is -0.380 e. The van der Waals surface area contributed by atoms with E-state index in [1.54, 1.807) is 7.05 Å². The summed E-state index contributed by atoms with van der Waals surface area (Å²) in [6, 6.07) is 4.18. The number of guanidine groups is 1. The fourth-order valence-corrected chi connectivity index (χ4v) is 2.87. The predicted octanol–water partition coefficient (Wildman–Crippen LogP) is 1.40. The van der Waals surface area contributed by atoms with E-state index in [1.165, 1.54) is 0 Å². The fourth-order valence-electron chi connectivity index (χ4n) is 2.87. The first-order chi connectivity index (χ1) is 12.1. The number of ether oxygens (including phenoxy) is 2. The number of rotatable bonds is 7. The average molecular weight is 349 g/mol. The minimum atomic E-state index is 0.234. The summed E-state index contributed by atoms with van der Waals surface area (Å²) in [6.45, 7) is 10.8. The molecule has 2 heterocycles. The molecule has 140 valence electrons. The molecule has 0 spiro atoms. The van der Waals surface area contributed by atoms with Crippen molar-refractivity contribution in [1.29, 1.82) is 0 Å². The van der Waals surface area contributed by atoms with E-state index in [4.69, 9.17) is 9.47 Å². The molecule has 1 aliphatic heterocycles. The number of aromatic nitrogens is 1. The Balaban J connectivity index is 1.81. The highest BCUT2D eigenvalue weighted by atomic mass is 16.5. The van der Waals surface area contributed by atoms with Crippen molar-refractivity contribution < 1.29 is 9.47 Å². The Labute approximate surface area is 150 Å². The van der Waals surface area contributed by atoms with Gasteiger partial charge < -0.3 is 25.0 Å². The molecule has 0 aliphatic carbocycles. The standard InChI is InChI=1S/C18H31N5O2/c1-5-24-9-8-20-18(19-4)22-11-16-6-7-17(21-10-16)23-12-14(2)25-15(3)13-23/h6-7,10,14-15H,5,8-9,11-13H2,1-4H3,(H2,19,20,22). The molecule has 0 aromatic carbocycles. The van der Waals surface area contributed by atoms with Crippen molar-refractivity contribution in [2.75, 3.05) is 44.8 Å². The molecule has 1 fully saturated rings. The number of nitrogens with zero attached hydrogens (tertiary/aromatic N) is 3. The molecular weight excluding hydrogens is 318 g/mol. The highest BCUT2D eigenvalue weighted by Crippen LogP contribution is 2.18. The summed E-state index contributed by atoms with van der Waals surface area (Å²) < 4.78 is 11.1. The number of aliphatic imine (C=N–C) groups is 1. The molecule has 1 saturated heterocycles. The maximum absolute atomic E-state index is 5.78. The van der Waals surface area contributed by atoms with Crippen molar-refractivity contribution in [3.8, 4) is 0 Å². The molecule has 2 atom stereocenters. The Morgan fingerprint density at radius 3 is 2.68 bits per heavy atom. The van der Waals surface area contributed by atoms with Gasteiger partial charge in [0, 0.05) is 46.0 Å². The average Bonchev–Trinajstić information content (AvgIpc) is 2.61. The Hall–Kier alpha value is -1.86. The van der Waals surface area contributed by atoms with Crippen LogP contribution in [0.1, 0.15) is 26.3 Å². The van der Waals surface area contributed by atoms with E-state index in [-0.39, 0.29) is 12.2 Å². The topological polar surface area (TPSA) is 71.0 Å². The summed E-state index contributed by atoms with van der Waals surface area (Å²) in [7, 11) is 1.76. The van der Waals surface area contributed by atoms with Crippen LogP contribution in [0.25, 0.3) is 0 Å². The van der Waals surface area contributed by atoms with Crippen LogP contribution in [0.2, 0.25) is 0 Å². The monoisotopic (exact) mass is 349 g/mol. The van der Waals surface area contributed by atoms with Crippen molar-refractivity contribution in [3.05, 3.63) is 23.9 Å². The molecule has 2 N–H and O–H groups in total. The lowest BCUT2D eigenvalue weighted by Gasteiger charge is -2.36. The number of hydrogen-bond donors (Lipinski definition) is 2. The summed E-state index contributed by atoms with van der Waals surface area (Å²) in [6.07, 6.45) is 2.39. The molecule has 2 unspecified atom stereocenters. The minimum absolute atomic E-state index is 0.234. The van der Waals surface area contributed by atoms with Gasteiger partial charge in [0.05, 0.1) is 18.8 Å². The van der Waals surface area contributed by atoms with Gasteiger partial charge in [-0.1, -0.05) is 6.07 Å². The number of anilines is 1. The van der Waals surface area contributed by atoms with Crippen LogP contribution in [0.4, 0.5) is 5.82 Å². The molecule has 0 radical (unpaired) electrons. The number of morpholine rings is 1. The van der Waals surface area contributed by atoms with Crippen molar-refractivity contribution >= 4 is 11.8 Å². The smallest absolute Gasteiger partial charge is 0.191 e. The van der Waals surface area contributed by atoms with Crippen LogP contribution in [-0.2, 0) is 16.0 Å². The first-order valence-corrected chi connectivity index (χ1v) is 9.00. The Morgan fingerprint density at radius 1 is 1.32 bits per heavy atom. The lowest BCUT2D eigenvalue weighted by Crippen LogP contribution is -2.45. The third kappa shape index (κ3) is 6.51. The summed E-state index contributed by atoms with van der Waals surface area (Å²) >= 11 is 0. The van der Waals surface area contributed by atoms with Crippen LogP contribution in [0.5, 0.6) is 0 Å². The summed E-state index contributed by atoms with van der Waals surface area (Å²) in [5, 5.41) is 6.50. The molecule has 0 saturated carbocycles. The van der Waals surface area contributed by atoms with Gasteiger partial charge in [0.2, 0.25) is 0 Å². The van der Waals surface area contributed by atoms with Crippen molar-refractivity contribution in [1.82, 2.24) is 15.6 Å². The summed E-state index contributed by atoms with van der Waals surface area (Å²) in [4.78, 5) is 11.1. The normalized spacial score (nSPS) is 21.3. The zero-order chi connectivity index (χ0) is 18.1. The molecular formula is C18H31N5O2. The maximum atomic E-state index is 5.78. The molecule has 1 aromatic heterocycles. The SMILES string of the molecule is CCOCCNC(=NC)NCc1ccc(N2CC(C)OC(C)C2)nc1. The lowest BCUT2D eigenvalue weighted by molar-refractivity contribution is -0.00545. The van der Waals surface area contributed by atoms with Crippen molar-refractivity contribution in [2.45, 2.75) is 39.5 Å². The highest BCUT2D eigenvalue weighted by molar-refractivity contribution is 5.79. The Kier molecular flexibility index (Phi) is 7.94. The fraction of sp³-hybridized carbons (Fsp3) is 0.667. The predicted molar refractivity (Wildman–Crippen MR) is 101 cm³/mol. The Bertz CT molecular complexity index is 525. The van der Waals surface area contributed by atoms with Crippen LogP contribution in [0.3, 0.4) is 0 Å². The number of hydrogen-bond acceptors (Lipinski definition) is 5. The molecule has 1 aromatic rings. The Morgan fingerprint density at radius 2 is 2.08 bits per heavy atom. The largest absolute Gasteiger partial charge is 0.380 e. The molecule has 7 nitrogen and oxygen atoms in total. The van der Waals surface area contributed by atoms with Gasteiger partial charge in [-0.05, 0) is 32.4 Å². The second kappa shape index (κ2) is 10.2. The second-order valence-electron chi connectivity index (χ2n) is 6.24. The molecule has 1 aliphatic rings. The number of nitrogens with one attached hydrogen (secondary N) is 2. The maximum Gasteiger partial charge on any atom is 0.191 e. The molecule has 2 rings (SSSR count). The van der Waals surface area contributed by atoms with E-state index in [9.17, 15) is 0 Å². The van der Waals surface area contributed by atoms with Crippen LogP contribution in [0.15, 0.2) is 23.3 Å². The lowest BCUT2D eigenvalue weighted by atomic mass is 10.2. The van der Waals surface area contributed by atoms with Crippen molar-refractivity contribution in [2.24, 2.45) is 4.99 Å². The van der Waals surface area contributed by atoms with Gasteiger partial charge >= 0.3 is 0 Å². The van der Waals surface area contributed by atoms with Gasteiger partial charge in [0.15, 0.2) is 5.96 Å². The zero-order valence-corrected chi connectivity index (χ0v) is 15.8. The van der Waals surface area contributed by atoms with Crippen LogP contribution in [-0.4, -0.2) is 63.0 Å². The summed E-state index contributed by atoms with van der Waals surface area (Å²) in [5.41, 5.74) is 1.12. The highest BCUT2D eigenvalue weighted by Gasteiger charge is 2.22. The van der Waals surface area contributed by atoms with E-state index in [1.807, 2.05) is 13.1 Å². The van der Waals surface area contributed by atoms with Gasteiger partial charge in [-0.25, -0.2) is 4.98 Å². The van der Waals surface area contributed by atoms with E-state index in [0.717, 1.165) is 43.6 Å². The third-order valence-electron chi connectivity index (χ3n) is 3.98. The van der Waals surface area contributed by atoms with Gasteiger partial charge in [-0.15, -0.1) is 0 Å². The van der Waals surface area contributed by atoms with Gasteiger partial charge in [0.25, 0.3) is 0 Å². The van der Waals surface area contributed by atoms with E-state index >= 15 is 0 Å². The quantitative estimate of drug-likeness (QED) is 0.440. The second-order valence-corrected chi connectivity index (χ2v) is 6.24. The van der Waals surface area contributed by atoms with Gasteiger partial charge in [-0.2, -0.15) is 0 Å². The molecule has 0 bridgehead atoms. The summed E-state index contributed by atoms with van der Waals surface area (Å²) in [5.74, 6) is 1.77. The van der Waals surface area contributed by atoms with Crippen LogP contribution >= 0.6 is 0 Å². The molecule has 0 amide bonds. The molecule has 7 heteroatoms. The van der Waals surface area contributed by atoms with Crippen LogP contribution in [0, 0.1) is 0 Å².